The Kier molecular flexibility index (Phi) is 8.13. The SMILES string of the molecule is CCSCCCn1ncc(CNCCOC)c1C. The fourth-order valence-electron chi connectivity index (χ4n) is 1.74. The van der Waals surface area contributed by atoms with Crippen LogP contribution >= 0.6 is 11.8 Å². The van der Waals surface area contributed by atoms with Crippen molar-refractivity contribution in [1.29, 1.82) is 0 Å². The van der Waals surface area contributed by atoms with Crippen LogP contribution in [-0.4, -0.2) is 41.5 Å². The van der Waals surface area contributed by atoms with Crippen LogP contribution in [0.5, 0.6) is 0 Å². The van der Waals surface area contributed by atoms with Gasteiger partial charge >= 0.3 is 0 Å². The Balaban J connectivity index is 2.30. The van der Waals surface area contributed by atoms with Crippen molar-refractivity contribution in [2.24, 2.45) is 0 Å². The molecule has 0 aromatic carbocycles. The minimum atomic E-state index is 0.751. The minimum Gasteiger partial charge on any atom is -0.383 e. The molecular formula is C13H25N3OS. The zero-order valence-electron chi connectivity index (χ0n) is 11.7. The second-order valence-electron chi connectivity index (χ2n) is 4.20. The molecule has 1 N–H and O–H groups in total. The molecule has 0 aliphatic rings. The summed E-state index contributed by atoms with van der Waals surface area (Å²) in [6, 6.07) is 0. The Morgan fingerprint density at radius 3 is 3.06 bits per heavy atom. The molecule has 1 aromatic heterocycles. The highest BCUT2D eigenvalue weighted by Gasteiger charge is 2.05. The summed E-state index contributed by atoms with van der Waals surface area (Å²) < 4.78 is 7.12. The Labute approximate surface area is 114 Å². The van der Waals surface area contributed by atoms with E-state index in [0.717, 1.165) is 26.2 Å². The summed E-state index contributed by atoms with van der Waals surface area (Å²) >= 11 is 1.99. The fraction of sp³-hybridized carbons (Fsp3) is 0.769. The van der Waals surface area contributed by atoms with Crippen molar-refractivity contribution in [3.63, 3.8) is 0 Å². The van der Waals surface area contributed by atoms with E-state index >= 15 is 0 Å². The molecule has 0 spiro atoms. The third-order valence-electron chi connectivity index (χ3n) is 2.87. The van der Waals surface area contributed by atoms with Gasteiger partial charge in [0.05, 0.1) is 12.8 Å². The number of rotatable bonds is 10. The Hall–Kier alpha value is -0.520. The predicted octanol–water partition coefficient (Wildman–Crippen LogP) is 2.07. The normalized spacial score (nSPS) is 11.1. The lowest BCUT2D eigenvalue weighted by atomic mass is 10.2. The number of thioether (sulfide) groups is 1. The lowest BCUT2D eigenvalue weighted by molar-refractivity contribution is 0.199. The van der Waals surface area contributed by atoms with Crippen molar-refractivity contribution in [1.82, 2.24) is 15.1 Å². The molecule has 0 fully saturated rings. The van der Waals surface area contributed by atoms with Crippen molar-refractivity contribution in [2.45, 2.75) is 33.4 Å². The van der Waals surface area contributed by atoms with E-state index in [2.05, 4.69) is 28.9 Å². The standard InChI is InChI=1S/C13H25N3OS/c1-4-18-9-5-7-16-12(2)13(11-15-16)10-14-6-8-17-3/h11,14H,4-10H2,1-3H3. The van der Waals surface area contributed by atoms with Gasteiger partial charge in [-0.25, -0.2) is 0 Å². The van der Waals surface area contributed by atoms with Crippen LogP contribution in [0.25, 0.3) is 0 Å². The minimum absolute atomic E-state index is 0.751. The van der Waals surface area contributed by atoms with Gasteiger partial charge in [0.1, 0.15) is 0 Å². The molecule has 0 aliphatic carbocycles. The van der Waals surface area contributed by atoms with Gasteiger partial charge < -0.3 is 10.1 Å². The van der Waals surface area contributed by atoms with Crippen molar-refractivity contribution in [3.05, 3.63) is 17.5 Å². The monoisotopic (exact) mass is 271 g/mol. The smallest absolute Gasteiger partial charge is 0.0587 e. The molecular weight excluding hydrogens is 246 g/mol. The van der Waals surface area contributed by atoms with Crippen molar-refractivity contribution in [2.75, 3.05) is 31.8 Å². The summed E-state index contributed by atoms with van der Waals surface area (Å²) in [6.45, 7) is 7.88. The van der Waals surface area contributed by atoms with Gasteiger partial charge in [0, 0.05) is 38.0 Å². The predicted molar refractivity (Wildman–Crippen MR) is 78.2 cm³/mol. The zero-order valence-corrected chi connectivity index (χ0v) is 12.6. The average molecular weight is 271 g/mol. The fourth-order valence-corrected chi connectivity index (χ4v) is 2.36. The summed E-state index contributed by atoms with van der Waals surface area (Å²) in [7, 11) is 1.72. The van der Waals surface area contributed by atoms with Crippen LogP contribution in [0.15, 0.2) is 6.20 Å². The van der Waals surface area contributed by atoms with E-state index in [0.29, 0.717) is 0 Å². The van der Waals surface area contributed by atoms with Gasteiger partial charge in [-0.05, 0) is 24.9 Å². The van der Waals surface area contributed by atoms with Gasteiger partial charge in [0.2, 0.25) is 0 Å². The molecule has 1 heterocycles. The van der Waals surface area contributed by atoms with Crippen LogP contribution in [0, 0.1) is 6.92 Å². The third kappa shape index (κ3) is 5.42. The number of hydrogen-bond acceptors (Lipinski definition) is 4. The highest BCUT2D eigenvalue weighted by molar-refractivity contribution is 7.99. The quantitative estimate of drug-likeness (QED) is 0.661. The van der Waals surface area contributed by atoms with Crippen LogP contribution in [0.3, 0.4) is 0 Å². The second-order valence-corrected chi connectivity index (χ2v) is 5.59. The van der Waals surface area contributed by atoms with E-state index < -0.39 is 0 Å². The lowest BCUT2D eigenvalue weighted by Gasteiger charge is -2.06. The van der Waals surface area contributed by atoms with E-state index in [1.807, 2.05) is 18.0 Å². The topological polar surface area (TPSA) is 39.1 Å². The largest absolute Gasteiger partial charge is 0.383 e. The molecule has 0 aliphatic heterocycles. The molecule has 0 atom stereocenters. The van der Waals surface area contributed by atoms with E-state index in [-0.39, 0.29) is 0 Å². The summed E-state index contributed by atoms with van der Waals surface area (Å²) in [5.74, 6) is 2.42. The highest BCUT2D eigenvalue weighted by Crippen LogP contribution is 2.09. The van der Waals surface area contributed by atoms with Crippen molar-refractivity contribution in [3.8, 4) is 0 Å². The molecule has 1 rings (SSSR count). The number of methoxy groups -OCH3 is 1. The Morgan fingerprint density at radius 2 is 2.33 bits per heavy atom. The molecule has 0 unspecified atom stereocenters. The first-order valence-electron chi connectivity index (χ1n) is 6.58. The number of aryl methyl sites for hydroxylation is 1. The van der Waals surface area contributed by atoms with E-state index in [4.69, 9.17) is 4.74 Å². The van der Waals surface area contributed by atoms with Gasteiger partial charge in [-0.15, -0.1) is 0 Å². The van der Waals surface area contributed by atoms with E-state index in [1.165, 1.54) is 29.2 Å². The number of aromatic nitrogens is 2. The van der Waals surface area contributed by atoms with Gasteiger partial charge in [-0.1, -0.05) is 6.92 Å². The maximum atomic E-state index is 5.01. The van der Waals surface area contributed by atoms with Crippen LogP contribution in [0.1, 0.15) is 24.6 Å². The number of hydrogen-bond donors (Lipinski definition) is 1. The molecule has 0 radical (unpaired) electrons. The number of nitrogens with zero attached hydrogens (tertiary/aromatic N) is 2. The molecule has 4 nitrogen and oxygen atoms in total. The molecule has 104 valence electrons. The Bertz CT molecular complexity index is 299. The molecule has 0 saturated carbocycles. The Morgan fingerprint density at radius 1 is 1.50 bits per heavy atom. The number of nitrogens with one attached hydrogen (secondary N) is 1. The first kappa shape index (κ1) is 15.5. The summed E-state index contributed by atoms with van der Waals surface area (Å²) in [5.41, 5.74) is 2.57. The zero-order chi connectivity index (χ0) is 13.2. The molecule has 0 bridgehead atoms. The molecule has 5 heteroatoms. The summed E-state index contributed by atoms with van der Waals surface area (Å²) in [5, 5.41) is 7.80. The maximum absolute atomic E-state index is 5.01. The molecule has 18 heavy (non-hydrogen) atoms. The first-order chi connectivity index (χ1) is 8.79. The van der Waals surface area contributed by atoms with E-state index in [9.17, 15) is 0 Å². The van der Waals surface area contributed by atoms with Gasteiger partial charge in [0.15, 0.2) is 0 Å². The van der Waals surface area contributed by atoms with Gasteiger partial charge in [-0.2, -0.15) is 16.9 Å². The van der Waals surface area contributed by atoms with Crippen LogP contribution in [0.4, 0.5) is 0 Å². The highest BCUT2D eigenvalue weighted by atomic mass is 32.2. The first-order valence-corrected chi connectivity index (χ1v) is 7.73. The molecule has 1 aromatic rings. The maximum Gasteiger partial charge on any atom is 0.0587 e. The summed E-state index contributed by atoms with van der Waals surface area (Å²) in [4.78, 5) is 0. The third-order valence-corrected chi connectivity index (χ3v) is 3.85. The molecule has 0 amide bonds. The van der Waals surface area contributed by atoms with Crippen molar-refractivity contribution < 1.29 is 4.74 Å². The van der Waals surface area contributed by atoms with Crippen LogP contribution in [-0.2, 0) is 17.8 Å². The second kappa shape index (κ2) is 9.42. The van der Waals surface area contributed by atoms with Gasteiger partial charge in [-0.3, -0.25) is 4.68 Å². The summed E-state index contributed by atoms with van der Waals surface area (Å²) in [6.07, 6.45) is 3.17. The lowest BCUT2D eigenvalue weighted by Crippen LogP contribution is -2.18. The molecule has 0 saturated heterocycles. The number of ether oxygens (including phenoxy) is 1. The van der Waals surface area contributed by atoms with Gasteiger partial charge in [0.25, 0.3) is 0 Å². The van der Waals surface area contributed by atoms with Crippen LogP contribution in [0.2, 0.25) is 0 Å². The van der Waals surface area contributed by atoms with Crippen LogP contribution < -0.4 is 5.32 Å². The van der Waals surface area contributed by atoms with E-state index in [1.54, 1.807) is 7.11 Å². The average Bonchev–Trinajstić information content (AvgIpc) is 2.72. The van der Waals surface area contributed by atoms with Crippen molar-refractivity contribution >= 4 is 11.8 Å².